The van der Waals surface area contributed by atoms with Gasteiger partial charge < -0.3 is 33.9 Å². The van der Waals surface area contributed by atoms with Crippen LogP contribution < -0.4 is 0 Å². The van der Waals surface area contributed by atoms with Gasteiger partial charge in [0.15, 0.2) is 5.79 Å². The van der Waals surface area contributed by atoms with Gasteiger partial charge in [0, 0.05) is 19.3 Å². The van der Waals surface area contributed by atoms with Gasteiger partial charge in [-0.25, -0.2) is 9.59 Å². The lowest BCUT2D eigenvalue weighted by atomic mass is 9.77. The van der Waals surface area contributed by atoms with E-state index in [4.69, 9.17) is 23.7 Å². The van der Waals surface area contributed by atoms with Gasteiger partial charge in [0.25, 0.3) is 0 Å². The summed E-state index contributed by atoms with van der Waals surface area (Å²) in [7, 11) is 1.11. The first kappa shape index (κ1) is 22.0. The number of esters is 1. The van der Waals surface area contributed by atoms with E-state index < -0.39 is 47.9 Å². The lowest BCUT2D eigenvalue weighted by molar-refractivity contribution is -0.219. The van der Waals surface area contributed by atoms with Crippen molar-refractivity contribution in [3.63, 3.8) is 0 Å². The second kappa shape index (κ2) is 8.74. The molecule has 1 saturated heterocycles. The van der Waals surface area contributed by atoms with Gasteiger partial charge in [-0.2, -0.15) is 0 Å². The first-order valence-electron chi connectivity index (χ1n) is 10.6. The molecule has 1 aliphatic heterocycles. The third-order valence-corrected chi connectivity index (χ3v) is 6.34. The van der Waals surface area contributed by atoms with Crippen molar-refractivity contribution < 1.29 is 43.5 Å². The zero-order chi connectivity index (χ0) is 22.1. The number of rotatable bonds is 4. The van der Waals surface area contributed by atoms with E-state index in [1.54, 1.807) is 24.3 Å². The van der Waals surface area contributed by atoms with Crippen molar-refractivity contribution in [1.29, 1.82) is 0 Å². The molecule has 0 radical (unpaired) electrons. The molecule has 1 aromatic carbocycles. The Bertz CT molecular complexity index is 791. The second-order valence-electron chi connectivity index (χ2n) is 8.36. The van der Waals surface area contributed by atoms with Crippen molar-refractivity contribution in [3.05, 3.63) is 35.9 Å². The van der Waals surface area contributed by atoms with Gasteiger partial charge in [-0.1, -0.05) is 36.8 Å². The van der Waals surface area contributed by atoms with Crippen LogP contribution in [-0.2, 0) is 35.1 Å². The van der Waals surface area contributed by atoms with E-state index in [1.165, 1.54) is 0 Å². The van der Waals surface area contributed by atoms with Crippen LogP contribution >= 0.6 is 0 Å². The van der Waals surface area contributed by atoms with Crippen LogP contribution in [0.25, 0.3) is 0 Å². The summed E-state index contributed by atoms with van der Waals surface area (Å²) in [5.74, 6) is -1.85. The first-order valence-corrected chi connectivity index (χ1v) is 10.6. The van der Waals surface area contributed by atoms with Crippen LogP contribution in [0.3, 0.4) is 0 Å². The second-order valence-corrected chi connectivity index (χ2v) is 8.36. The summed E-state index contributed by atoms with van der Waals surface area (Å²) < 4.78 is 27.5. The summed E-state index contributed by atoms with van der Waals surface area (Å²) in [5, 5.41) is 21.6. The number of aliphatic hydroxyl groups excluding tert-OH is 2. The number of benzene rings is 1. The van der Waals surface area contributed by atoms with Crippen molar-refractivity contribution >= 4 is 12.1 Å². The van der Waals surface area contributed by atoms with Gasteiger partial charge >= 0.3 is 12.1 Å². The molecular weight excluding hydrogens is 408 g/mol. The highest BCUT2D eigenvalue weighted by atomic mass is 16.8. The van der Waals surface area contributed by atoms with Crippen LogP contribution in [-0.4, -0.2) is 65.3 Å². The number of carbonyl (C=O) groups excluding carboxylic acids is 2. The van der Waals surface area contributed by atoms with Gasteiger partial charge in [-0.15, -0.1) is 0 Å². The van der Waals surface area contributed by atoms with E-state index >= 15 is 0 Å². The van der Waals surface area contributed by atoms with Gasteiger partial charge in [0.2, 0.25) is 5.60 Å². The van der Waals surface area contributed by atoms with Crippen LogP contribution in [0.4, 0.5) is 4.79 Å². The zero-order valence-corrected chi connectivity index (χ0v) is 17.4. The molecule has 5 atom stereocenters. The molecule has 2 aliphatic carbocycles. The molecule has 170 valence electrons. The predicted octanol–water partition coefficient (Wildman–Crippen LogP) is 1.82. The molecule has 4 rings (SSSR count). The molecule has 3 aliphatic rings. The minimum Gasteiger partial charge on any atom is -0.466 e. The summed E-state index contributed by atoms with van der Waals surface area (Å²) in [6.45, 7) is -0.0790. The molecule has 1 aromatic rings. The summed E-state index contributed by atoms with van der Waals surface area (Å²) >= 11 is 0. The summed E-state index contributed by atoms with van der Waals surface area (Å²) in [6, 6.07) is 8.94. The van der Waals surface area contributed by atoms with Crippen LogP contribution in [0.2, 0.25) is 0 Å². The molecule has 0 amide bonds. The van der Waals surface area contributed by atoms with Crippen LogP contribution in [0.15, 0.2) is 30.3 Å². The highest BCUT2D eigenvalue weighted by molar-refractivity contribution is 5.83. The molecule has 3 fully saturated rings. The Hall–Kier alpha value is -2.20. The lowest BCUT2D eigenvalue weighted by Crippen LogP contribution is -2.67. The lowest BCUT2D eigenvalue weighted by Gasteiger charge is -2.43. The fraction of sp³-hybridized carbons (Fsp3) is 0.636. The van der Waals surface area contributed by atoms with E-state index in [1.807, 2.05) is 6.07 Å². The van der Waals surface area contributed by atoms with E-state index in [2.05, 4.69) is 0 Å². The van der Waals surface area contributed by atoms with E-state index in [-0.39, 0.29) is 13.0 Å². The monoisotopic (exact) mass is 436 g/mol. The molecule has 1 heterocycles. The number of aliphatic hydroxyl groups is 2. The smallest absolute Gasteiger partial charge is 0.466 e. The Balaban J connectivity index is 1.52. The van der Waals surface area contributed by atoms with Gasteiger partial charge in [-0.3, -0.25) is 0 Å². The average molecular weight is 436 g/mol. The van der Waals surface area contributed by atoms with Crippen molar-refractivity contribution in [1.82, 2.24) is 0 Å². The standard InChI is InChI=1S/C22H28O9/c1-27-19(25)22(31-20(26)28-13-14-8-4-2-5-9-14)12-15-17(16(23)18(22)24)30-21(29-15)10-6-3-7-11-21/h2,4-5,8-9,15-18,23-24H,3,6-7,10-13H2,1H3/t15-,16+,17-,18+,22+/m1/s1. The number of hydrogen-bond donors (Lipinski definition) is 2. The number of hydrogen-bond acceptors (Lipinski definition) is 9. The number of ether oxygens (including phenoxy) is 5. The average Bonchev–Trinajstić information content (AvgIpc) is 3.13. The highest BCUT2D eigenvalue weighted by Gasteiger charge is 2.66. The van der Waals surface area contributed by atoms with Crippen molar-refractivity contribution in [2.24, 2.45) is 0 Å². The normalized spacial score (nSPS) is 34.0. The summed E-state index contributed by atoms with van der Waals surface area (Å²) in [6.07, 6.45) is -2.03. The van der Waals surface area contributed by atoms with Gasteiger partial charge in [-0.05, 0) is 18.4 Å². The molecule has 1 spiro atoms. The minimum atomic E-state index is -2.17. The Morgan fingerprint density at radius 1 is 1.10 bits per heavy atom. The molecule has 2 N–H and O–H groups in total. The van der Waals surface area contributed by atoms with Crippen molar-refractivity contribution in [3.8, 4) is 0 Å². The first-order chi connectivity index (χ1) is 14.9. The predicted molar refractivity (Wildman–Crippen MR) is 105 cm³/mol. The molecule has 31 heavy (non-hydrogen) atoms. The zero-order valence-electron chi connectivity index (χ0n) is 17.4. The van der Waals surface area contributed by atoms with Crippen molar-refractivity contribution in [2.45, 2.75) is 80.9 Å². The number of methoxy groups -OCH3 is 1. The molecular formula is C22H28O9. The van der Waals surface area contributed by atoms with Gasteiger partial charge in [0.1, 0.15) is 24.9 Å². The third-order valence-electron chi connectivity index (χ3n) is 6.34. The SMILES string of the molecule is COC(=O)[C@]1(OC(=O)OCc2ccccc2)C[C@H]2OC3(CCCCC3)O[C@H]2[C@H](O)[C@@H]1O. The maximum Gasteiger partial charge on any atom is 0.509 e. The molecule has 0 aromatic heterocycles. The summed E-state index contributed by atoms with van der Waals surface area (Å²) in [4.78, 5) is 25.1. The molecule has 0 unspecified atom stereocenters. The largest absolute Gasteiger partial charge is 0.509 e. The fourth-order valence-corrected chi connectivity index (χ4v) is 4.76. The van der Waals surface area contributed by atoms with E-state index in [0.717, 1.165) is 31.9 Å². The van der Waals surface area contributed by atoms with Crippen LogP contribution in [0.1, 0.15) is 44.1 Å². The maximum atomic E-state index is 12.7. The molecule has 9 nitrogen and oxygen atoms in total. The van der Waals surface area contributed by atoms with E-state index in [9.17, 15) is 19.8 Å². The molecule has 2 saturated carbocycles. The molecule has 9 heteroatoms. The Morgan fingerprint density at radius 2 is 1.81 bits per heavy atom. The van der Waals surface area contributed by atoms with Gasteiger partial charge in [0.05, 0.1) is 13.2 Å². The topological polar surface area (TPSA) is 121 Å². The number of fused-ring (bicyclic) bond motifs is 1. The highest BCUT2D eigenvalue weighted by Crippen LogP contribution is 2.48. The maximum absolute atomic E-state index is 12.7. The fourth-order valence-electron chi connectivity index (χ4n) is 4.76. The molecule has 0 bridgehead atoms. The Kier molecular flexibility index (Phi) is 6.20. The van der Waals surface area contributed by atoms with Crippen LogP contribution in [0, 0.1) is 0 Å². The minimum absolute atomic E-state index is 0.0790. The summed E-state index contributed by atoms with van der Waals surface area (Å²) in [5.41, 5.74) is -1.45. The van der Waals surface area contributed by atoms with Crippen LogP contribution in [0.5, 0.6) is 0 Å². The quantitative estimate of drug-likeness (QED) is 0.681. The third kappa shape index (κ3) is 4.15. The Morgan fingerprint density at radius 3 is 2.48 bits per heavy atom. The number of carbonyl (C=O) groups is 2. The van der Waals surface area contributed by atoms with E-state index in [0.29, 0.717) is 12.8 Å². The van der Waals surface area contributed by atoms with Crippen molar-refractivity contribution in [2.75, 3.05) is 7.11 Å². The Labute approximate surface area is 180 Å².